The van der Waals surface area contributed by atoms with Gasteiger partial charge in [0, 0.05) is 24.5 Å². The monoisotopic (exact) mass is 389 g/mol. The van der Waals surface area contributed by atoms with E-state index in [0.29, 0.717) is 11.4 Å². The third-order valence-electron chi connectivity index (χ3n) is 4.21. The number of fused-ring (bicyclic) bond motifs is 1. The Balaban J connectivity index is 1.66. The van der Waals surface area contributed by atoms with Crippen LogP contribution in [0.4, 0.5) is 11.4 Å². The lowest BCUT2D eigenvalue weighted by molar-refractivity contribution is -0.384. The van der Waals surface area contributed by atoms with Gasteiger partial charge in [-0.15, -0.1) is 0 Å². The molecule has 0 atom stereocenters. The Labute approximate surface area is 164 Å². The minimum Gasteiger partial charge on any atom is -0.457 e. The van der Waals surface area contributed by atoms with Crippen LogP contribution in [0.3, 0.4) is 0 Å². The number of carbonyl (C=O) groups excluding carboxylic acids is 1. The van der Waals surface area contributed by atoms with Crippen LogP contribution in [0.1, 0.15) is 15.9 Å². The maximum Gasteiger partial charge on any atom is 0.275 e. The van der Waals surface area contributed by atoms with Gasteiger partial charge >= 0.3 is 0 Å². The first kappa shape index (κ1) is 18.1. The highest BCUT2D eigenvalue weighted by atomic mass is 16.6. The zero-order valence-electron chi connectivity index (χ0n) is 15.3. The summed E-state index contributed by atoms with van der Waals surface area (Å²) in [5, 5.41) is 18.1. The molecule has 9 heteroatoms. The van der Waals surface area contributed by atoms with Crippen molar-refractivity contribution in [3.63, 3.8) is 0 Å². The number of carbonyl (C=O) groups is 1. The first-order valence-corrected chi connectivity index (χ1v) is 8.64. The Bertz CT molecular complexity index is 1230. The summed E-state index contributed by atoms with van der Waals surface area (Å²) in [6, 6.07) is 13.1. The van der Waals surface area contributed by atoms with Crippen LogP contribution >= 0.6 is 0 Å². The summed E-state index contributed by atoms with van der Waals surface area (Å²) in [7, 11) is 0. The van der Waals surface area contributed by atoms with Crippen molar-refractivity contribution < 1.29 is 14.5 Å². The fourth-order valence-electron chi connectivity index (χ4n) is 2.80. The van der Waals surface area contributed by atoms with E-state index in [4.69, 9.17) is 4.74 Å². The van der Waals surface area contributed by atoms with Crippen LogP contribution in [0.25, 0.3) is 5.65 Å². The lowest BCUT2D eigenvalue weighted by Crippen LogP contribution is -2.12. The average Bonchev–Trinajstić information content (AvgIpc) is 3.14. The number of rotatable bonds is 5. The zero-order chi connectivity index (χ0) is 20.4. The van der Waals surface area contributed by atoms with Crippen molar-refractivity contribution in [3.05, 3.63) is 88.4 Å². The highest BCUT2D eigenvalue weighted by molar-refractivity contribution is 6.08. The summed E-state index contributed by atoms with van der Waals surface area (Å²) in [6.07, 6.45) is 4.61. The SMILES string of the molecule is Cc1ccccc1Oc1cc(NC(=O)c2cnn3cccnc23)cc([N+](=O)[O-])c1. The molecule has 0 radical (unpaired) electrons. The van der Waals surface area contributed by atoms with Crippen molar-refractivity contribution in [1.82, 2.24) is 14.6 Å². The van der Waals surface area contributed by atoms with Crippen LogP contribution in [0, 0.1) is 17.0 Å². The molecule has 1 amide bonds. The molecule has 0 aliphatic rings. The lowest BCUT2D eigenvalue weighted by Gasteiger charge is -2.10. The van der Waals surface area contributed by atoms with Crippen LogP contribution in [-0.4, -0.2) is 25.4 Å². The number of nitrogens with zero attached hydrogens (tertiary/aromatic N) is 4. The van der Waals surface area contributed by atoms with Crippen LogP contribution in [0.15, 0.2) is 67.1 Å². The smallest absolute Gasteiger partial charge is 0.275 e. The molecule has 0 spiro atoms. The summed E-state index contributed by atoms with van der Waals surface area (Å²) in [6.45, 7) is 1.87. The number of benzene rings is 2. The molecule has 29 heavy (non-hydrogen) atoms. The summed E-state index contributed by atoms with van der Waals surface area (Å²) in [4.78, 5) is 27.6. The van der Waals surface area contributed by atoms with Gasteiger partial charge in [-0.3, -0.25) is 14.9 Å². The number of aryl methyl sites for hydroxylation is 1. The molecule has 4 rings (SSSR count). The fraction of sp³-hybridized carbons (Fsp3) is 0.0500. The van der Waals surface area contributed by atoms with Gasteiger partial charge in [-0.1, -0.05) is 18.2 Å². The Kier molecular flexibility index (Phi) is 4.62. The van der Waals surface area contributed by atoms with Gasteiger partial charge < -0.3 is 10.1 Å². The Morgan fingerprint density at radius 2 is 2.03 bits per heavy atom. The number of para-hydroxylation sites is 1. The second kappa shape index (κ2) is 7.39. The van der Waals surface area contributed by atoms with Crippen molar-refractivity contribution in [2.24, 2.45) is 0 Å². The van der Waals surface area contributed by atoms with Crippen molar-refractivity contribution in [3.8, 4) is 11.5 Å². The van der Waals surface area contributed by atoms with Gasteiger partial charge in [-0.25, -0.2) is 9.50 Å². The summed E-state index contributed by atoms with van der Waals surface area (Å²) < 4.78 is 7.27. The van der Waals surface area contributed by atoms with Gasteiger partial charge in [0.2, 0.25) is 0 Å². The third kappa shape index (κ3) is 3.74. The molecular formula is C20H15N5O4. The molecule has 1 N–H and O–H groups in total. The number of amides is 1. The number of hydrogen-bond donors (Lipinski definition) is 1. The van der Waals surface area contributed by atoms with E-state index in [1.54, 1.807) is 30.6 Å². The number of ether oxygens (including phenoxy) is 1. The molecule has 0 aliphatic heterocycles. The molecular weight excluding hydrogens is 374 g/mol. The van der Waals surface area contributed by atoms with E-state index >= 15 is 0 Å². The van der Waals surface area contributed by atoms with Crippen LogP contribution in [0.2, 0.25) is 0 Å². The molecule has 0 unspecified atom stereocenters. The molecule has 0 aliphatic carbocycles. The van der Waals surface area contributed by atoms with Gasteiger partial charge in [0.15, 0.2) is 5.65 Å². The summed E-state index contributed by atoms with van der Waals surface area (Å²) >= 11 is 0. The van der Waals surface area contributed by atoms with Crippen LogP contribution < -0.4 is 10.1 Å². The second-order valence-electron chi connectivity index (χ2n) is 6.24. The second-order valence-corrected chi connectivity index (χ2v) is 6.24. The maximum atomic E-state index is 12.7. The first-order chi connectivity index (χ1) is 14.0. The maximum absolute atomic E-state index is 12.7. The van der Waals surface area contributed by atoms with E-state index in [1.165, 1.54) is 28.9 Å². The fourth-order valence-corrected chi connectivity index (χ4v) is 2.80. The minimum absolute atomic E-state index is 0.204. The molecule has 0 saturated heterocycles. The number of nitrogens with one attached hydrogen (secondary N) is 1. The van der Waals surface area contributed by atoms with Crippen LogP contribution in [-0.2, 0) is 0 Å². The highest BCUT2D eigenvalue weighted by Crippen LogP contribution is 2.31. The van der Waals surface area contributed by atoms with Crippen LogP contribution in [0.5, 0.6) is 11.5 Å². The number of non-ortho nitro benzene ring substituents is 1. The Hall–Kier alpha value is -4.27. The first-order valence-electron chi connectivity index (χ1n) is 8.64. The molecule has 144 valence electrons. The highest BCUT2D eigenvalue weighted by Gasteiger charge is 2.17. The third-order valence-corrected chi connectivity index (χ3v) is 4.21. The number of anilines is 1. The lowest BCUT2D eigenvalue weighted by atomic mass is 10.2. The zero-order valence-corrected chi connectivity index (χ0v) is 15.3. The molecule has 2 aromatic heterocycles. The normalized spacial score (nSPS) is 10.7. The molecule has 0 fully saturated rings. The van der Waals surface area contributed by atoms with Crippen molar-refractivity contribution >= 4 is 22.9 Å². The van der Waals surface area contributed by atoms with E-state index in [2.05, 4.69) is 15.4 Å². The van der Waals surface area contributed by atoms with E-state index < -0.39 is 10.8 Å². The molecule has 0 bridgehead atoms. The number of nitro groups is 1. The van der Waals surface area contributed by atoms with E-state index in [0.717, 1.165) is 5.56 Å². The average molecular weight is 389 g/mol. The van der Waals surface area contributed by atoms with Gasteiger partial charge in [0.1, 0.15) is 17.1 Å². The van der Waals surface area contributed by atoms with Crippen molar-refractivity contribution in [2.45, 2.75) is 6.92 Å². The number of hydrogen-bond acceptors (Lipinski definition) is 6. The van der Waals surface area contributed by atoms with Crippen molar-refractivity contribution in [2.75, 3.05) is 5.32 Å². The summed E-state index contributed by atoms with van der Waals surface area (Å²) in [5.41, 5.74) is 1.53. The minimum atomic E-state index is -0.544. The standard InChI is InChI=1S/C20H15N5O4/c1-13-5-2-3-6-18(13)29-16-10-14(9-15(11-16)25(27)28)23-20(26)17-12-22-24-8-4-7-21-19(17)24/h2-12H,1H3,(H,23,26). The topological polar surface area (TPSA) is 112 Å². The predicted molar refractivity (Wildman–Crippen MR) is 105 cm³/mol. The largest absolute Gasteiger partial charge is 0.457 e. The predicted octanol–water partition coefficient (Wildman–Crippen LogP) is 3.99. The number of nitro benzene ring substituents is 1. The van der Waals surface area contributed by atoms with Gasteiger partial charge in [0.25, 0.3) is 11.6 Å². The molecule has 2 aromatic carbocycles. The van der Waals surface area contributed by atoms with Gasteiger partial charge in [-0.2, -0.15) is 5.10 Å². The Morgan fingerprint density at radius 3 is 2.83 bits per heavy atom. The van der Waals surface area contributed by atoms with E-state index in [9.17, 15) is 14.9 Å². The quantitative estimate of drug-likeness (QED) is 0.408. The molecule has 9 nitrogen and oxygen atoms in total. The van der Waals surface area contributed by atoms with Crippen molar-refractivity contribution in [1.29, 1.82) is 0 Å². The molecule has 2 heterocycles. The Morgan fingerprint density at radius 1 is 1.21 bits per heavy atom. The van der Waals surface area contributed by atoms with E-state index in [-0.39, 0.29) is 22.7 Å². The van der Waals surface area contributed by atoms with Gasteiger partial charge in [0.05, 0.1) is 22.9 Å². The van der Waals surface area contributed by atoms with E-state index in [1.807, 2.05) is 19.1 Å². The van der Waals surface area contributed by atoms with Gasteiger partial charge in [-0.05, 0) is 24.6 Å². The number of aromatic nitrogens is 3. The summed E-state index contributed by atoms with van der Waals surface area (Å²) in [5.74, 6) is 0.319. The molecule has 0 saturated carbocycles. The molecule has 4 aromatic rings.